The standard InChI is InChI=1S/C17H18N4OS/c1-22-11-10-19-16-14-4-2-3-5-15(14)20-17(21-16)23-12-13-6-8-18-9-7-13/h2-9H,10-12H2,1H3,(H,19,20,21). The number of aromatic nitrogens is 3. The van der Waals surface area contributed by atoms with Crippen molar-refractivity contribution in [3.63, 3.8) is 0 Å². The van der Waals surface area contributed by atoms with Gasteiger partial charge in [0, 0.05) is 37.2 Å². The number of anilines is 1. The zero-order valence-electron chi connectivity index (χ0n) is 12.9. The maximum atomic E-state index is 5.09. The quantitative estimate of drug-likeness (QED) is 0.408. The summed E-state index contributed by atoms with van der Waals surface area (Å²) in [5.41, 5.74) is 2.15. The van der Waals surface area contributed by atoms with E-state index in [-0.39, 0.29) is 0 Å². The molecule has 6 heteroatoms. The van der Waals surface area contributed by atoms with Crippen molar-refractivity contribution in [1.29, 1.82) is 0 Å². The van der Waals surface area contributed by atoms with Gasteiger partial charge in [0.25, 0.3) is 0 Å². The number of nitrogens with one attached hydrogen (secondary N) is 1. The molecule has 1 aromatic carbocycles. The summed E-state index contributed by atoms with van der Waals surface area (Å²) in [6.07, 6.45) is 3.60. The van der Waals surface area contributed by atoms with Crippen LogP contribution in [0.1, 0.15) is 5.56 Å². The number of benzene rings is 1. The minimum absolute atomic E-state index is 0.637. The van der Waals surface area contributed by atoms with Crippen LogP contribution in [0, 0.1) is 0 Å². The van der Waals surface area contributed by atoms with Gasteiger partial charge >= 0.3 is 0 Å². The van der Waals surface area contributed by atoms with E-state index in [0.717, 1.165) is 27.6 Å². The smallest absolute Gasteiger partial charge is 0.190 e. The molecule has 0 aliphatic carbocycles. The molecule has 2 aromatic heterocycles. The number of nitrogens with zero attached hydrogens (tertiary/aromatic N) is 3. The molecule has 0 amide bonds. The number of fused-ring (bicyclic) bond motifs is 1. The number of methoxy groups -OCH3 is 1. The van der Waals surface area contributed by atoms with Crippen LogP contribution < -0.4 is 5.32 Å². The maximum absolute atomic E-state index is 5.09. The van der Waals surface area contributed by atoms with Crippen LogP contribution >= 0.6 is 11.8 Å². The molecule has 0 saturated heterocycles. The first-order valence-corrected chi connectivity index (χ1v) is 8.36. The van der Waals surface area contributed by atoms with E-state index in [9.17, 15) is 0 Å². The Bertz CT molecular complexity index is 767. The molecule has 1 N–H and O–H groups in total. The molecule has 23 heavy (non-hydrogen) atoms. The van der Waals surface area contributed by atoms with Crippen molar-refractivity contribution in [3.8, 4) is 0 Å². The van der Waals surface area contributed by atoms with Crippen molar-refractivity contribution >= 4 is 28.5 Å². The molecule has 0 bridgehead atoms. The first kappa shape index (κ1) is 15.7. The Morgan fingerprint density at radius 3 is 2.74 bits per heavy atom. The van der Waals surface area contributed by atoms with Gasteiger partial charge in [-0.3, -0.25) is 4.98 Å². The highest BCUT2D eigenvalue weighted by molar-refractivity contribution is 7.98. The lowest BCUT2D eigenvalue weighted by molar-refractivity contribution is 0.210. The monoisotopic (exact) mass is 326 g/mol. The van der Waals surface area contributed by atoms with Crippen LogP contribution in [0.4, 0.5) is 5.82 Å². The fourth-order valence-electron chi connectivity index (χ4n) is 2.15. The summed E-state index contributed by atoms with van der Waals surface area (Å²) in [6.45, 7) is 1.35. The number of hydrogen-bond acceptors (Lipinski definition) is 6. The van der Waals surface area contributed by atoms with Crippen molar-refractivity contribution in [1.82, 2.24) is 15.0 Å². The normalized spacial score (nSPS) is 10.8. The largest absolute Gasteiger partial charge is 0.383 e. The van der Waals surface area contributed by atoms with E-state index in [4.69, 9.17) is 4.74 Å². The summed E-state index contributed by atoms with van der Waals surface area (Å²) >= 11 is 1.62. The number of pyridine rings is 1. The third-order valence-corrected chi connectivity index (χ3v) is 4.22. The lowest BCUT2D eigenvalue weighted by Crippen LogP contribution is -2.10. The maximum Gasteiger partial charge on any atom is 0.190 e. The Labute approximate surface area is 139 Å². The lowest BCUT2D eigenvalue weighted by Gasteiger charge is -2.10. The molecule has 0 spiro atoms. The fraction of sp³-hybridized carbons (Fsp3) is 0.235. The zero-order chi connectivity index (χ0) is 15.9. The Morgan fingerprint density at radius 2 is 1.91 bits per heavy atom. The number of thioether (sulfide) groups is 1. The Kier molecular flexibility index (Phi) is 5.39. The van der Waals surface area contributed by atoms with Crippen molar-refractivity contribution in [2.45, 2.75) is 10.9 Å². The van der Waals surface area contributed by atoms with E-state index in [1.165, 1.54) is 5.56 Å². The highest BCUT2D eigenvalue weighted by Crippen LogP contribution is 2.26. The topological polar surface area (TPSA) is 59.9 Å². The summed E-state index contributed by atoms with van der Waals surface area (Å²) in [7, 11) is 1.69. The molecule has 3 aromatic rings. The van der Waals surface area contributed by atoms with Gasteiger partial charge in [0.15, 0.2) is 5.16 Å². The summed E-state index contributed by atoms with van der Waals surface area (Å²) in [5, 5.41) is 5.12. The summed E-state index contributed by atoms with van der Waals surface area (Å²) in [6, 6.07) is 12.0. The molecular weight excluding hydrogens is 308 g/mol. The van der Waals surface area contributed by atoms with Crippen molar-refractivity contribution in [2.75, 3.05) is 25.6 Å². The Hall–Kier alpha value is -2.18. The second kappa shape index (κ2) is 7.89. The predicted octanol–water partition coefficient (Wildman–Crippen LogP) is 3.38. The molecule has 0 unspecified atom stereocenters. The van der Waals surface area contributed by atoms with Gasteiger partial charge in [-0.05, 0) is 29.8 Å². The van der Waals surface area contributed by atoms with Gasteiger partial charge in [-0.25, -0.2) is 9.97 Å². The highest BCUT2D eigenvalue weighted by Gasteiger charge is 2.08. The van der Waals surface area contributed by atoms with Gasteiger partial charge in [-0.2, -0.15) is 0 Å². The molecule has 3 rings (SSSR count). The van der Waals surface area contributed by atoms with Crippen LogP contribution in [-0.2, 0) is 10.5 Å². The highest BCUT2D eigenvalue weighted by atomic mass is 32.2. The molecule has 118 valence electrons. The van der Waals surface area contributed by atoms with Crippen LogP contribution in [0.5, 0.6) is 0 Å². The third-order valence-electron chi connectivity index (χ3n) is 3.30. The number of hydrogen-bond donors (Lipinski definition) is 1. The minimum atomic E-state index is 0.637. The van der Waals surface area contributed by atoms with E-state index >= 15 is 0 Å². The zero-order valence-corrected chi connectivity index (χ0v) is 13.7. The first-order valence-electron chi connectivity index (χ1n) is 7.38. The van der Waals surface area contributed by atoms with E-state index in [2.05, 4.69) is 20.3 Å². The fourth-order valence-corrected chi connectivity index (χ4v) is 2.96. The predicted molar refractivity (Wildman–Crippen MR) is 93.7 cm³/mol. The summed E-state index contributed by atoms with van der Waals surface area (Å²) in [4.78, 5) is 13.3. The number of rotatable bonds is 7. The number of ether oxygens (including phenoxy) is 1. The average molecular weight is 326 g/mol. The lowest BCUT2D eigenvalue weighted by atomic mass is 10.2. The van der Waals surface area contributed by atoms with Gasteiger partial charge in [0.2, 0.25) is 0 Å². The molecule has 0 aliphatic rings. The van der Waals surface area contributed by atoms with Crippen molar-refractivity contribution in [2.24, 2.45) is 0 Å². The average Bonchev–Trinajstić information content (AvgIpc) is 2.61. The third kappa shape index (κ3) is 4.18. The Balaban J connectivity index is 1.82. The second-order valence-corrected chi connectivity index (χ2v) is 5.88. The molecule has 0 saturated carbocycles. The van der Waals surface area contributed by atoms with Gasteiger partial charge in [0.05, 0.1) is 12.1 Å². The summed E-state index contributed by atoms with van der Waals surface area (Å²) in [5.74, 6) is 1.67. The van der Waals surface area contributed by atoms with Gasteiger partial charge in [-0.15, -0.1) is 0 Å². The van der Waals surface area contributed by atoms with Crippen molar-refractivity contribution < 1.29 is 4.74 Å². The van der Waals surface area contributed by atoms with Gasteiger partial charge in [-0.1, -0.05) is 23.9 Å². The van der Waals surface area contributed by atoms with E-state index in [1.54, 1.807) is 31.3 Å². The second-order valence-electron chi connectivity index (χ2n) is 4.94. The number of para-hydroxylation sites is 1. The Morgan fingerprint density at radius 1 is 1.09 bits per heavy atom. The first-order chi connectivity index (χ1) is 11.4. The molecule has 0 fully saturated rings. The van der Waals surface area contributed by atoms with Crippen LogP contribution in [0.3, 0.4) is 0 Å². The summed E-state index contributed by atoms with van der Waals surface area (Å²) < 4.78 is 5.09. The van der Waals surface area contributed by atoms with Gasteiger partial charge in [0.1, 0.15) is 5.82 Å². The van der Waals surface area contributed by atoms with E-state index in [0.29, 0.717) is 13.2 Å². The molecule has 5 nitrogen and oxygen atoms in total. The molecule has 0 aliphatic heterocycles. The van der Waals surface area contributed by atoms with Crippen LogP contribution in [0.2, 0.25) is 0 Å². The van der Waals surface area contributed by atoms with E-state index < -0.39 is 0 Å². The molecular formula is C17H18N4OS. The van der Waals surface area contributed by atoms with Crippen LogP contribution in [0.25, 0.3) is 10.9 Å². The molecule has 0 radical (unpaired) electrons. The minimum Gasteiger partial charge on any atom is -0.383 e. The van der Waals surface area contributed by atoms with Gasteiger partial charge < -0.3 is 10.1 Å². The van der Waals surface area contributed by atoms with E-state index in [1.807, 2.05) is 36.4 Å². The SMILES string of the molecule is COCCNc1nc(SCc2ccncc2)nc2ccccc12. The molecule has 0 atom stereocenters. The molecule has 2 heterocycles. The van der Waals surface area contributed by atoms with Crippen LogP contribution in [-0.4, -0.2) is 35.2 Å². The van der Waals surface area contributed by atoms with Crippen LogP contribution in [0.15, 0.2) is 53.9 Å². The van der Waals surface area contributed by atoms with Crippen molar-refractivity contribution in [3.05, 3.63) is 54.4 Å².